The maximum absolute atomic E-state index is 5.11. The lowest BCUT2D eigenvalue weighted by Gasteiger charge is -2.11. The molecule has 2 heterocycles. The van der Waals surface area contributed by atoms with Gasteiger partial charge in [-0.1, -0.05) is 74.0 Å². The molecule has 0 atom stereocenters. The zero-order valence-electron chi connectivity index (χ0n) is 18.5. The minimum absolute atomic E-state index is 1.00. The Morgan fingerprint density at radius 3 is 2.36 bits per heavy atom. The van der Waals surface area contributed by atoms with Gasteiger partial charge in [-0.05, 0) is 59.5 Å². The molecule has 2 nitrogen and oxygen atoms in total. The van der Waals surface area contributed by atoms with Crippen molar-refractivity contribution in [1.82, 2.24) is 9.55 Å². The molecule has 4 aromatic carbocycles. The molecule has 0 saturated heterocycles. The Bertz CT molecular complexity index is 1560. The lowest BCUT2D eigenvalue weighted by Crippen LogP contribution is -1.97. The number of rotatable bonds is 5. The number of para-hydroxylation sites is 2. The van der Waals surface area contributed by atoms with E-state index in [0.717, 1.165) is 35.4 Å². The van der Waals surface area contributed by atoms with E-state index in [1.54, 1.807) is 11.3 Å². The maximum atomic E-state index is 5.11. The number of hydrogen-bond donors (Lipinski definition) is 0. The summed E-state index contributed by atoms with van der Waals surface area (Å²) in [6.07, 6.45) is 2.25. The van der Waals surface area contributed by atoms with Crippen LogP contribution in [0.2, 0.25) is 0 Å². The summed E-state index contributed by atoms with van der Waals surface area (Å²) in [5.41, 5.74) is 8.31. The van der Waals surface area contributed by atoms with Crippen molar-refractivity contribution >= 4 is 32.5 Å². The smallest absolute Gasteiger partial charge is 0.147 e. The Labute approximate surface area is 197 Å². The molecule has 0 radical (unpaired) electrons. The van der Waals surface area contributed by atoms with Gasteiger partial charge < -0.3 is 0 Å². The molecule has 160 valence electrons. The van der Waals surface area contributed by atoms with E-state index in [-0.39, 0.29) is 0 Å². The van der Waals surface area contributed by atoms with Gasteiger partial charge in [0.25, 0.3) is 0 Å². The second kappa shape index (κ2) is 8.34. The van der Waals surface area contributed by atoms with Crippen LogP contribution in [0.1, 0.15) is 18.9 Å². The lowest BCUT2D eigenvalue weighted by atomic mass is 10.0. The molecule has 0 spiro atoms. The summed E-state index contributed by atoms with van der Waals surface area (Å²) in [5.74, 6) is 1.00. The Hall–Kier alpha value is -3.69. The molecule has 3 heteroatoms. The first-order valence-electron chi connectivity index (χ1n) is 11.5. The van der Waals surface area contributed by atoms with Gasteiger partial charge >= 0.3 is 0 Å². The Morgan fingerprint density at radius 1 is 0.788 bits per heavy atom. The zero-order valence-corrected chi connectivity index (χ0v) is 19.3. The van der Waals surface area contributed by atoms with Crippen molar-refractivity contribution in [3.05, 3.63) is 108 Å². The van der Waals surface area contributed by atoms with Crippen LogP contribution in [-0.4, -0.2) is 9.55 Å². The van der Waals surface area contributed by atoms with Gasteiger partial charge in [0.05, 0.1) is 11.0 Å². The second-order valence-corrected chi connectivity index (χ2v) is 9.31. The Kier molecular flexibility index (Phi) is 5.04. The third-order valence-corrected chi connectivity index (χ3v) is 7.17. The van der Waals surface area contributed by atoms with E-state index in [1.165, 1.54) is 32.3 Å². The molecular formula is C30H24N2S. The van der Waals surface area contributed by atoms with Crippen molar-refractivity contribution in [3.63, 3.8) is 0 Å². The van der Waals surface area contributed by atoms with E-state index in [4.69, 9.17) is 4.98 Å². The molecule has 6 rings (SSSR count). The SMILES string of the molecule is CCCc1ccc2scc(-c3nc4ccccc4n3-c3ccc(-c4ccccc4)cc3)c2c1. The number of thiophene rings is 1. The minimum Gasteiger partial charge on any atom is -0.292 e. The molecular weight excluding hydrogens is 420 g/mol. The summed E-state index contributed by atoms with van der Waals surface area (Å²) >= 11 is 1.80. The average Bonchev–Trinajstić information content (AvgIpc) is 3.46. The molecule has 0 saturated carbocycles. The van der Waals surface area contributed by atoms with Gasteiger partial charge in [0.1, 0.15) is 5.82 Å². The molecule has 33 heavy (non-hydrogen) atoms. The number of imidazole rings is 1. The van der Waals surface area contributed by atoms with Crippen LogP contribution in [0.4, 0.5) is 0 Å². The van der Waals surface area contributed by atoms with Gasteiger partial charge in [-0.25, -0.2) is 4.98 Å². The predicted molar refractivity (Wildman–Crippen MR) is 141 cm³/mol. The van der Waals surface area contributed by atoms with Crippen molar-refractivity contribution in [2.75, 3.05) is 0 Å². The molecule has 0 N–H and O–H groups in total. The van der Waals surface area contributed by atoms with E-state index >= 15 is 0 Å². The van der Waals surface area contributed by atoms with E-state index in [1.807, 2.05) is 0 Å². The van der Waals surface area contributed by atoms with Gasteiger partial charge in [0.15, 0.2) is 0 Å². The normalized spacial score (nSPS) is 11.4. The van der Waals surface area contributed by atoms with E-state index < -0.39 is 0 Å². The van der Waals surface area contributed by atoms with Crippen LogP contribution in [0.5, 0.6) is 0 Å². The van der Waals surface area contributed by atoms with Crippen molar-refractivity contribution in [3.8, 4) is 28.2 Å². The van der Waals surface area contributed by atoms with E-state index in [2.05, 4.69) is 114 Å². The monoisotopic (exact) mass is 444 g/mol. The van der Waals surface area contributed by atoms with Crippen molar-refractivity contribution in [2.45, 2.75) is 19.8 Å². The summed E-state index contributed by atoms with van der Waals surface area (Å²) < 4.78 is 3.61. The van der Waals surface area contributed by atoms with Crippen molar-refractivity contribution in [2.24, 2.45) is 0 Å². The van der Waals surface area contributed by atoms with Crippen LogP contribution in [0.3, 0.4) is 0 Å². The first-order chi connectivity index (χ1) is 16.3. The fraction of sp³-hybridized carbons (Fsp3) is 0.100. The summed E-state index contributed by atoms with van der Waals surface area (Å²) in [5, 5.41) is 3.56. The van der Waals surface area contributed by atoms with Crippen LogP contribution in [0.15, 0.2) is 102 Å². The molecule has 6 aromatic rings. The number of hydrogen-bond acceptors (Lipinski definition) is 2. The quantitative estimate of drug-likeness (QED) is 0.260. The molecule has 0 bridgehead atoms. The highest BCUT2D eigenvalue weighted by Crippen LogP contribution is 2.37. The average molecular weight is 445 g/mol. The molecule has 0 unspecified atom stereocenters. The Morgan fingerprint density at radius 2 is 1.55 bits per heavy atom. The van der Waals surface area contributed by atoms with Crippen molar-refractivity contribution < 1.29 is 0 Å². The van der Waals surface area contributed by atoms with Gasteiger partial charge in [-0.2, -0.15) is 0 Å². The molecule has 0 aliphatic rings. The van der Waals surface area contributed by atoms with Crippen LogP contribution in [0.25, 0.3) is 49.3 Å². The van der Waals surface area contributed by atoms with E-state index in [9.17, 15) is 0 Å². The minimum atomic E-state index is 1.00. The van der Waals surface area contributed by atoms with Crippen LogP contribution >= 0.6 is 11.3 Å². The molecule has 0 fully saturated rings. The first-order valence-corrected chi connectivity index (χ1v) is 12.3. The first kappa shape index (κ1) is 20.0. The third-order valence-electron chi connectivity index (χ3n) is 6.21. The number of aromatic nitrogens is 2. The highest BCUT2D eigenvalue weighted by molar-refractivity contribution is 7.17. The lowest BCUT2D eigenvalue weighted by molar-refractivity contribution is 0.924. The van der Waals surface area contributed by atoms with Crippen LogP contribution in [0, 0.1) is 0 Å². The molecule has 0 amide bonds. The second-order valence-electron chi connectivity index (χ2n) is 8.40. The highest BCUT2D eigenvalue weighted by Gasteiger charge is 2.17. The predicted octanol–water partition coefficient (Wildman–Crippen LogP) is 8.53. The summed E-state index contributed by atoms with van der Waals surface area (Å²) in [6, 6.07) is 34.6. The number of aryl methyl sites for hydroxylation is 1. The summed E-state index contributed by atoms with van der Waals surface area (Å²) in [6.45, 7) is 2.23. The maximum Gasteiger partial charge on any atom is 0.147 e. The van der Waals surface area contributed by atoms with E-state index in [0.29, 0.717) is 0 Å². The van der Waals surface area contributed by atoms with Crippen molar-refractivity contribution in [1.29, 1.82) is 0 Å². The number of benzene rings is 4. The topological polar surface area (TPSA) is 17.8 Å². The fourth-order valence-corrected chi connectivity index (χ4v) is 5.51. The number of fused-ring (bicyclic) bond motifs is 2. The fourth-order valence-electron chi connectivity index (χ4n) is 4.60. The largest absolute Gasteiger partial charge is 0.292 e. The molecule has 0 aliphatic heterocycles. The zero-order chi connectivity index (χ0) is 22.2. The van der Waals surface area contributed by atoms with Gasteiger partial charge in [-0.15, -0.1) is 11.3 Å². The standard InChI is InChI=1S/C30H24N2S/c1-2-8-21-13-18-29-25(19-21)26(20-33-29)30-31-27-11-6-7-12-28(27)32(30)24-16-14-23(15-17-24)22-9-4-3-5-10-22/h3-7,9-20H,2,8H2,1H3. The molecule has 2 aromatic heterocycles. The molecule has 0 aliphatic carbocycles. The van der Waals surface area contributed by atoms with Gasteiger partial charge in [-0.3, -0.25) is 4.57 Å². The van der Waals surface area contributed by atoms with Gasteiger partial charge in [0.2, 0.25) is 0 Å². The Balaban J connectivity index is 1.54. The third kappa shape index (κ3) is 3.55. The van der Waals surface area contributed by atoms with Crippen LogP contribution in [-0.2, 0) is 6.42 Å². The number of nitrogens with zero attached hydrogens (tertiary/aromatic N) is 2. The van der Waals surface area contributed by atoms with Gasteiger partial charge in [0, 0.05) is 26.7 Å². The summed E-state index contributed by atoms with van der Waals surface area (Å²) in [7, 11) is 0. The highest BCUT2D eigenvalue weighted by atomic mass is 32.1. The van der Waals surface area contributed by atoms with Crippen LogP contribution < -0.4 is 0 Å². The summed E-state index contributed by atoms with van der Waals surface area (Å²) in [4.78, 5) is 5.11.